The van der Waals surface area contributed by atoms with Gasteiger partial charge in [0.25, 0.3) is 11.8 Å². The van der Waals surface area contributed by atoms with Crippen LogP contribution in [0.4, 0.5) is 28.9 Å². The van der Waals surface area contributed by atoms with Gasteiger partial charge in [-0.05, 0) is 93.1 Å². The molecular formula is C51H57F4N9O6S. The van der Waals surface area contributed by atoms with E-state index in [9.17, 15) is 41.9 Å². The van der Waals surface area contributed by atoms with E-state index in [1.165, 1.54) is 23.1 Å². The molecule has 2 fully saturated rings. The van der Waals surface area contributed by atoms with Crippen LogP contribution in [0.15, 0.2) is 83.2 Å². The monoisotopic (exact) mass is 999 g/mol. The molecule has 4 heterocycles. The minimum Gasteiger partial charge on any atom is -0.367 e. The van der Waals surface area contributed by atoms with Crippen LogP contribution in [0.25, 0.3) is 21.6 Å². The van der Waals surface area contributed by atoms with Crippen LogP contribution in [0.5, 0.6) is 0 Å². The molecule has 2 saturated heterocycles. The highest BCUT2D eigenvalue weighted by Crippen LogP contribution is 2.37. The number of nitrogens with zero attached hydrogens (tertiary/aromatic N) is 4. The molecule has 0 saturated carbocycles. The van der Waals surface area contributed by atoms with E-state index >= 15 is 4.39 Å². The number of amides is 5. The topological polar surface area (TPSA) is 189 Å². The number of anilines is 2. The summed E-state index contributed by atoms with van der Waals surface area (Å²) in [6.07, 6.45) is -3.32. The van der Waals surface area contributed by atoms with Gasteiger partial charge in [-0.2, -0.15) is 13.2 Å². The van der Waals surface area contributed by atoms with Crippen LogP contribution in [0, 0.1) is 18.2 Å². The summed E-state index contributed by atoms with van der Waals surface area (Å²) in [6, 6.07) is 14.5. The molecule has 4 atom stereocenters. The normalized spacial score (nSPS) is 17.9. The van der Waals surface area contributed by atoms with Crippen LogP contribution in [0.1, 0.15) is 85.0 Å². The van der Waals surface area contributed by atoms with Crippen molar-refractivity contribution in [3.8, 4) is 21.6 Å². The van der Waals surface area contributed by atoms with E-state index in [4.69, 9.17) is 0 Å². The molecule has 376 valence electrons. The van der Waals surface area contributed by atoms with E-state index < -0.39 is 76.4 Å². The number of aryl methyl sites for hydroxylation is 1. The van der Waals surface area contributed by atoms with Gasteiger partial charge in [-0.3, -0.25) is 33.7 Å². The number of alkyl halides is 3. The maximum atomic E-state index is 15.7. The lowest BCUT2D eigenvalue weighted by Gasteiger charge is -2.44. The molecule has 7 rings (SSSR count). The van der Waals surface area contributed by atoms with Crippen LogP contribution in [-0.2, 0) is 27.1 Å². The van der Waals surface area contributed by atoms with Gasteiger partial charge >= 0.3 is 6.18 Å². The van der Waals surface area contributed by atoms with Gasteiger partial charge in [-0.25, -0.2) is 9.37 Å². The second kappa shape index (κ2) is 21.2. The smallest absolute Gasteiger partial charge is 0.367 e. The first-order chi connectivity index (χ1) is 33.5. The molecule has 0 aliphatic carbocycles. The van der Waals surface area contributed by atoms with Crippen LogP contribution in [0.2, 0.25) is 0 Å². The SMILES string of the molecule is Cc1ncsc1-c1ccc(CNC(=O)[C@@H]2CCCN2C(=O)[C@@H](NC(=O)CNC(=O)c2ccc(F)c(-c3ccc(N4C[C@@H](C)N(C)[C@@H](C)C4)c(NC(=O)c4c[nH]c(=O)cc4C(F)(F)F)c3)c2)C(C)(C)C)cc1. The number of nitrogens with one attached hydrogen (secondary N) is 5. The Bertz CT molecular complexity index is 2870. The molecule has 2 aromatic heterocycles. The summed E-state index contributed by atoms with van der Waals surface area (Å²) >= 11 is 1.55. The van der Waals surface area contributed by atoms with Gasteiger partial charge in [0.2, 0.25) is 23.3 Å². The Kier molecular flexibility index (Phi) is 15.5. The number of halogens is 4. The highest BCUT2D eigenvalue weighted by atomic mass is 32.1. The number of thiazole rings is 1. The predicted octanol–water partition coefficient (Wildman–Crippen LogP) is 6.98. The lowest BCUT2D eigenvalue weighted by atomic mass is 9.85. The van der Waals surface area contributed by atoms with E-state index in [1.54, 1.807) is 49.8 Å². The molecule has 0 spiro atoms. The molecule has 20 heteroatoms. The van der Waals surface area contributed by atoms with Crippen LogP contribution < -0.4 is 31.7 Å². The van der Waals surface area contributed by atoms with Gasteiger partial charge in [-0.15, -0.1) is 11.3 Å². The minimum absolute atomic E-state index is 0.0450. The molecule has 5 amide bonds. The van der Waals surface area contributed by atoms with Crippen LogP contribution >= 0.6 is 11.3 Å². The largest absolute Gasteiger partial charge is 0.417 e. The molecule has 3 aromatic carbocycles. The first-order valence-electron chi connectivity index (χ1n) is 23.2. The van der Waals surface area contributed by atoms with Crippen molar-refractivity contribution in [2.24, 2.45) is 5.41 Å². The fraction of sp³-hybridized carbons (Fsp3) is 0.392. The van der Waals surface area contributed by atoms with Crippen molar-refractivity contribution in [2.75, 3.05) is 43.4 Å². The van der Waals surface area contributed by atoms with Crippen LogP contribution in [0.3, 0.4) is 0 Å². The third kappa shape index (κ3) is 12.0. The van der Waals surface area contributed by atoms with Crippen LogP contribution in [-0.4, -0.2) is 107 Å². The summed E-state index contributed by atoms with van der Waals surface area (Å²) in [4.78, 5) is 93.3. The number of H-pyrrole nitrogens is 1. The Balaban J connectivity index is 1.03. The van der Waals surface area contributed by atoms with Crippen molar-refractivity contribution in [3.05, 3.63) is 123 Å². The molecule has 2 aliphatic heterocycles. The summed E-state index contributed by atoms with van der Waals surface area (Å²) in [7, 11) is 1.97. The Morgan fingerprint density at radius 1 is 0.901 bits per heavy atom. The number of aromatic nitrogens is 2. The first-order valence-corrected chi connectivity index (χ1v) is 24.1. The highest BCUT2D eigenvalue weighted by molar-refractivity contribution is 7.13. The molecule has 5 aromatic rings. The molecule has 0 radical (unpaired) electrons. The van der Waals surface area contributed by atoms with E-state index in [-0.39, 0.29) is 46.9 Å². The molecule has 15 nitrogen and oxygen atoms in total. The van der Waals surface area contributed by atoms with Gasteiger partial charge in [0.1, 0.15) is 17.9 Å². The number of hydrogen-bond donors (Lipinski definition) is 5. The number of carbonyl (C=O) groups excluding carboxylic acids is 5. The summed E-state index contributed by atoms with van der Waals surface area (Å²) in [6.45, 7) is 12.2. The van der Waals surface area contributed by atoms with E-state index in [2.05, 4.69) is 36.1 Å². The van der Waals surface area contributed by atoms with Gasteiger partial charge < -0.3 is 36.1 Å². The minimum atomic E-state index is -5.03. The zero-order chi connectivity index (χ0) is 51.5. The van der Waals surface area contributed by atoms with Crippen molar-refractivity contribution in [1.29, 1.82) is 0 Å². The second-order valence-electron chi connectivity index (χ2n) is 19.2. The Morgan fingerprint density at radius 3 is 2.24 bits per heavy atom. The summed E-state index contributed by atoms with van der Waals surface area (Å²) in [5.74, 6) is -4.14. The lowest BCUT2D eigenvalue weighted by molar-refractivity contribution is -0.143. The van der Waals surface area contributed by atoms with Gasteiger partial charge in [-0.1, -0.05) is 51.1 Å². The Hall–Kier alpha value is -6.93. The quantitative estimate of drug-likeness (QED) is 0.0776. The molecule has 2 aliphatic rings. The first kappa shape index (κ1) is 51.9. The zero-order valence-electron chi connectivity index (χ0n) is 40.4. The predicted molar refractivity (Wildman–Crippen MR) is 263 cm³/mol. The fourth-order valence-electron chi connectivity index (χ4n) is 8.90. The lowest BCUT2D eigenvalue weighted by Crippen LogP contribution is -2.58. The molecule has 5 N–H and O–H groups in total. The number of hydrogen-bond acceptors (Lipinski definition) is 10. The summed E-state index contributed by atoms with van der Waals surface area (Å²) in [5.41, 5.74) is 1.04. The summed E-state index contributed by atoms with van der Waals surface area (Å²) < 4.78 is 57.8. The fourth-order valence-corrected chi connectivity index (χ4v) is 9.72. The van der Waals surface area contributed by atoms with Gasteiger partial charge in [0, 0.05) is 61.7 Å². The maximum absolute atomic E-state index is 15.7. The van der Waals surface area contributed by atoms with Crippen molar-refractivity contribution in [2.45, 2.75) is 91.3 Å². The van der Waals surface area contributed by atoms with Crippen molar-refractivity contribution in [3.63, 3.8) is 0 Å². The van der Waals surface area contributed by atoms with E-state index in [0.29, 0.717) is 50.4 Å². The molecule has 0 unspecified atom stereocenters. The third-order valence-corrected chi connectivity index (χ3v) is 14.0. The molecule has 0 bridgehead atoms. The molecular weight excluding hydrogens is 943 g/mol. The standard InChI is InChI=1S/C51H57F4N9O6S/c1-28-25-63(26-29(2)62(28)7)40-17-15-33(20-39(40)60-47(68)36-23-56-42(65)21-37(36)51(53,54)55)35-19-34(14-16-38(35)52)46(67)58-24-43(66)61-45(50(4,5)6)49(70)64-18-8-9-41(64)48(69)57-22-31-10-12-32(13-11-31)44-30(3)59-27-71-44/h10-17,19-21,23,27-29,41,45H,8-9,18,22,24-26H2,1-7H3,(H,56,65)(H,57,69)(H,58,67)(H,60,68)(H,61,66)/t28-,29+,41-,45+/m0/s1. The third-order valence-electron chi connectivity index (χ3n) is 13.1. The van der Waals surface area contributed by atoms with E-state index in [0.717, 1.165) is 27.8 Å². The summed E-state index contributed by atoms with van der Waals surface area (Å²) in [5, 5.41) is 10.8. The van der Waals surface area contributed by atoms with Crippen molar-refractivity contribution in [1.82, 2.24) is 35.7 Å². The highest BCUT2D eigenvalue weighted by Gasteiger charge is 2.42. The number of piperazine rings is 1. The van der Waals surface area contributed by atoms with E-state index in [1.807, 2.05) is 57.0 Å². The number of aromatic amines is 1. The number of carbonyl (C=O) groups is 5. The van der Waals surface area contributed by atoms with Gasteiger partial charge in [0.05, 0.1) is 45.1 Å². The second-order valence-corrected chi connectivity index (χ2v) is 20.0. The Morgan fingerprint density at radius 2 is 1.59 bits per heavy atom. The van der Waals surface area contributed by atoms with Gasteiger partial charge in [0.15, 0.2) is 0 Å². The Labute approximate surface area is 412 Å². The number of rotatable bonds is 13. The van der Waals surface area contributed by atoms with Crippen molar-refractivity contribution >= 4 is 52.2 Å². The van der Waals surface area contributed by atoms with Crippen molar-refractivity contribution < 1.29 is 41.5 Å². The number of likely N-dealkylation sites (N-methyl/N-ethyl adjacent to an activating group) is 1. The molecule has 71 heavy (non-hydrogen) atoms. The zero-order valence-corrected chi connectivity index (χ0v) is 41.2. The maximum Gasteiger partial charge on any atom is 0.417 e. The number of likely N-dealkylation sites (tertiary alicyclic amines) is 1. The average molecular weight is 1000 g/mol. The average Bonchev–Trinajstić information content (AvgIpc) is 4.00. The number of pyridine rings is 1. The number of benzene rings is 3.